The summed E-state index contributed by atoms with van der Waals surface area (Å²) in [4.78, 5) is 34.8. The van der Waals surface area contributed by atoms with Gasteiger partial charge in [-0.15, -0.1) is 0 Å². The van der Waals surface area contributed by atoms with Crippen LogP contribution in [0.25, 0.3) is 0 Å². The molecule has 1 amide bonds. The van der Waals surface area contributed by atoms with Crippen LogP contribution in [0.4, 0.5) is 5.69 Å². The summed E-state index contributed by atoms with van der Waals surface area (Å²) in [5, 5.41) is 29.4. The quantitative estimate of drug-likeness (QED) is 0.620. The fraction of sp³-hybridized carbons (Fsp3) is 0.385. The Morgan fingerprint density at radius 1 is 1.43 bits per heavy atom. The maximum Gasteiger partial charge on any atom is 0.326 e. The van der Waals surface area contributed by atoms with Gasteiger partial charge in [0.25, 0.3) is 11.6 Å². The molecule has 0 radical (unpaired) electrons. The summed E-state index contributed by atoms with van der Waals surface area (Å²) < 4.78 is 0. The molecular formula is C13H14N2O6. The number of nitro groups is 1. The van der Waals surface area contributed by atoms with E-state index in [1.54, 1.807) is 6.92 Å². The molecule has 1 saturated heterocycles. The number of carboxylic acid groups (broad SMARTS) is 1. The Kier molecular flexibility index (Phi) is 3.90. The predicted octanol–water partition coefficient (Wildman–Crippen LogP) is 0.563. The van der Waals surface area contributed by atoms with Crippen molar-refractivity contribution in [2.24, 2.45) is 0 Å². The number of amides is 1. The average Bonchev–Trinajstić information content (AvgIpc) is 2.80. The minimum atomic E-state index is -1.21. The van der Waals surface area contributed by atoms with Crippen LogP contribution in [0, 0.1) is 17.0 Å². The molecule has 1 aliphatic rings. The molecule has 1 aromatic rings. The molecular weight excluding hydrogens is 280 g/mol. The zero-order valence-electron chi connectivity index (χ0n) is 11.2. The van der Waals surface area contributed by atoms with Crippen molar-refractivity contribution < 1.29 is 24.7 Å². The molecule has 8 nitrogen and oxygen atoms in total. The molecule has 1 aromatic carbocycles. The summed E-state index contributed by atoms with van der Waals surface area (Å²) in [6, 6.07) is 2.72. The molecule has 0 aromatic heterocycles. The summed E-state index contributed by atoms with van der Waals surface area (Å²) >= 11 is 0. The Hall–Kier alpha value is -2.48. The maximum absolute atomic E-state index is 12.4. The van der Waals surface area contributed by atoms with Crippen LogP contribution < -0.4 is 0 Å². The molecule has 2 atom stereocenters. The Labute approximate surface area is 119 Å². The van der Waals surface area contributed by atoms with Gasteiger partial charge < -0.3 is 15.1 Å². The lowest BCUT2D eigenvalue weighted by atomic mass is 10.1. The number of nitro benzene ring substituents is 1. The second-order valence-electron chi connectivity index (χ2n) is 4.96. The molecule has 1 aliphatic heterocycles. The van der Waals surface area contributed by atoms with Crippen molar-refractivity contribution in [3.8, 4) is 0 Å². The topological polar surface area (TPSA) is 121 Å². The highest BCUT2D eigenvalue weighted by Crippen LogP contribution is 2.24. The minimum absolute atomic E-state index is 0.0466. The molecule has 8 heteroatoms. The Balaban J connectivity index is 2.37. The van der Waals surface area contributed by atoms with Crippen LogP contribution in [0.3, 0.4) is 0 Å². The van der Waals surface area contributed by atoms with E-state index < -0.39 is 28.9 Å². The minimum Gasteiger partial charge on any atom is -0.480 e. The normalized spacial score (nSPS) is 21.3. The number of carbonyl (C=O) groups excluding carboxylic acids is 1. The number of rotatable bonds is 3. The highest BCUT2D eigenvalue weighted by atomic mass is 16.6. The fourth-order valence-electron chi connectivity index (χ4n) is 2.38. The first-order valence-corrected chi connectivity index (χ1v) is 6.28. The van der Waals surface area contributed by atoms with E-state index >= 15 is 0 Å². The molecule has 2 rings (SSSR count). The van der Waals surface area contributed by atoms with Gasteiger partial charge in [-0.2, -0.15) is 0 Å². The lowest BCUT2D eigenvalue weighted by Gasteiger charge is -2.21. The summed E-state index contributed by atoms with van der Waals surface area (Å²) in [5.74, 6) is -1.83. The fourth-order valence-corrected chi connectivity index (χ4v) is 2.38. The first-order valence-electron chi connectivity index (χ1n) is 6.28. The molecule has 21 heavy (non-hydrogen) atoms. The van der Waals surface area contributed by atoms with Crippen molar-refractivity contribution in [3.05, 3.63) is 39.4 Å². The molecule has 1 fully saturated rings. The van der Waals surface area contributed by atoms with Gasteiger partial charge in [-0.25, -0.2) is 4.79 Å². The van der Waals surface area contributed by atoms with Crippen LogP contribution in [0.15, 0.2) is 18.2 Å². The van der Waals surface area contributed by atoms with Gasteiger partial charge in [0.05, 0.1) is 11.0 Å². The number of hydrogen-bond donors (Lipinski definition) is 2. The van der Waals surface area contributed by atoms with E-state index in [1.165, 1.54) is 12.1 Å². The molecule has 0 unspecified atom stereocenters. The van der Waals surface area contributed by atoms with Gasteiger partial charge in [0.1, 0.15) is 6.04 Å². The largest absolute Gasteiger partial charge is 0.480 e. The Morgan fingerprint density at radius 3 is 2.67 bits per heavy atom. The summed E-state index contributed by atoms with van der Waals surface area (Å²) in [6.07, 6.45) is -0.955. The van der Waals surface area contributed by atoms with Gasteiger partial charge in [-0.1, -0.05) is 6.07 Å². The van der Waals surface area contributed by atoms with Gasteiger partial charge in [0, 0.05) is 30.7 Å². The van der Waals surface area contributed by atoms with Gasteiger partial charge >= 0.3 is 5.97 Å². The number of aliphatic hydroxyl groups excluding tert-OH is 1. The summed E-state index contributed by atoms with van der Waals surface area (Å²) in [5.41, 5.74) is 0.344. The molecule has 1 heterocycles. The molecule has 112 valence electrons. The van der Waals surface area contributed by atoms with E-state index in [4.69, 9.17) is 5.11 Å². The average molecular weight is 294 g/mol. The number of β-amino-alcohol motifs (C(OH)–C–C–N with tert-alkyl or cyclic N) is 1. The molecule has 0 spiro atoms. The number of aryl methyl sites for hydroxylation is 1. The summed E-state index contributed by atoms with van der Waals surface area (Å²) in [7, 11) is 0. The SMILES string of the molecule is Cc1ccc([N+](=O)[O-])cc1C(=O)N1C[C@@H](O)C[C@H]1C(=O)O. The second-order valence-corrected chi connectivity index (χ2v) is 4.96. The van der Waals surface area contributed by atoms with Crippen molar-refractivity contribution in [2.75, 3.05) is 6.54 Å². The van der Waals surface area contributed by atoms with Crippen molar-refractivity contribution in [2.45, 2.75) is 25.5 Å². The number of non-ortho nitro benzene ring substituents is 1. The zero-order chi connectivity index (χ0) is 15.7. The van der Waals surface area contributed by atoms with E-state index in [1.807, 2.05) is 0 Å². The summed E-state index contributed by atoms with van der Waals surface area (Å²) in [6.45, 7) is 1.51. The number of benzene rings is 1. The van der Waals surface area contributed by atoms with Crippen molar-refractivity contribution in [1.29, 1.82) is 0 Å². The van der Waals surface area contributed by atoms with Crippen LogP contribution in [-0.4, -0.2) is 50.6 Å². The third kappa shape index (κ3) is 2.84. The van der Waals surface area contributed by atoms with Gasteiger partial charge in [0.2, 0.25) is 0 Å². The standard InChI is InChI=1S/C13H14N2O6/c1-7-2-3-8(15(20)21)4-10(7)12(17)14-6-9(16)5-11(14)13(18)19/h2-4,9,11,16H,5-6H2,1H3,(H,18,19)/t9-,11-/m0/s1. The van der Waals surface area contributed by atoms with E-state index in [9.17, 15) is 24.8 Å². The third-order valence-corrected chi connectivity index (χ3v) is 3.49. The lowest BCUT2D eigenvalue weighted by Crippen LogP contribution is -2.40. The Bertz CT molecular complexity index is 615. The monoisotopic (exact) mass is 294 g/mol. The molecule has 2 N–H and O–H groups in total. The van der Waals surface area contributed by atoms with Crippen molar-refractivity contribution in [3.63, 3.8) is 0 Å². The van der Waals surface area contributed by atoms with Crippen LogP contribution in [-0.2, 0) is 4.79 Å². The number of aliphatic hydroxyl groups is 1. The van der Waals surface area contributed by atoms with Crippen molar-refractivity contribution in [1.82, 2.24) is 4.90 Å². The highest BCUT2D eigenvalue weighted by molar-refractivity contribution is 5.98. The maximum atomic E-state index is 12.4. The van der Waals surface area contributed by atoms with Gasteiger partial charge in [0.15, 0.2) is 0 Å². The molecule has 0 bridgehead atoms. The van der Waals surface area contributed by atoms with E-state index in [0.717, 1.165) is 11.0 Å². The number of hydrogen-bond acceptors (Lipinski definition) is 5. The number of carbonyl (C=O) groups is 2. The van der Waals surface area contributed by atoms with E-state index in [-0.39, 0.29) is 24.2 Å². The number of likely N-dealkylation sites (tertiary alicyclic amines) is 1. The lowest BCUT2D eigenvalue weighted by molar-refractivity contribution is -0.384. The first-order chi connectivity index (χ1) is 9.81. The number of aliphatic carboxylic acids is 1. The van der Waals surface area contributed by atoms with Gasteiger partial charge in [-0.3, -0.25) is 14.9 Å². The molecule has 0 saturated carbocycles. The van der Waals surface area contributed by atoms with Crippen LogP contribution in [0.1, 0.15) is 22.3 Å². The second kappa shape index (κ2) is 5.49. The first kappa shape index (κ1) is 14.9. The zero-order valence-corrected chi connectivity index (χ0v) is 11.2. The smallest absolute Gasteiger partial charge is 0.326 e. The van der Waals surface area contributed by atoms with Crippen LogP contribution in [0.5, 0.6) is 0 Å². The van der Waals surface area contributed by atoms with Crippen LogP contribution >= 0.6 is 0 Å². The third-order valence-electron chi connectivity index (χ3n) is 3.49. The predicted molar refractivity (Wildman–Crippen MR) is 70.9 cm³/mol. The number of carboxylic acids is 1. The number of nitrogens with zero attached hydrogens (tertiary/aromatic N) is 2. The van der Waals surface area contributed by atoms with E-state index in [2.05, 4.69) is 0 Å². The van der Waals surface area contributed by atoms with Gasteiger partial charge in [-0.05, 0) is 12.5 Å². The highest BCUT2D eigenvalue weighted by Gasteiger charge is 2.39. The van der Waals surface area contributed by atoms with Crippen molar-refractivity contribution >= 4 is 17.6 Å². The van der Waals surface area contributed by atoms with E-state index in [0.29, 0.717) is 5.56 Å². The Morgan fingerprint density at radius 2 is 2.10 bits per heavy atom. The van der Waals surface area contributed by atoms with Crippen LogP contribution in [0.2, 0.25) is 0 Å². The molecule has 0 aliphatic carbocycles.